The molecule has 116 valence electrons. The fourth-order valence-corrected chi connectivity index (χ4v) is 2.16. The summed E-state index contributed by atoms with van der Waals surface area (Å²) in [6.07, 6.45) is 0.794. The van der Waals surface area contributed by atoms with Crippen LogP contribution in [0.4, 0.5) is 0 Å². The van der Waals surface area contributed by atoms with E-state index in [4.69, 9.17) is 10.5 Å². The minimum absolute atomic E-state index is 0.0308. The number of hydrogen-bond acceptors (Lipinski definition) is 4. The van der Waals surface area contributed by atoms with Gasteiger partial charge in [0.05, 0.1) is 25.9 Å². The summed E-state index contributed by atoms with van der Waals surface area (Å²) >= 11 is 0. The first kappa shape index (κ1) is 16.2. The van der Waals surface area contributed by atoms with Gasteiger partial charge in [0.15, 0.2) is 0 Å². The fraction of sp³-hybridized carbons (Fsp3) is 0.278. The first-order valence-electron chi connectivity index (χ1n) is 7.23. The van der Waals surface area contributed by atoms with Crippen LogP contribution in [0.5, 0.6) is 0 Å². The van der Waals surface area contributed by atoms with E-state index in [1.807, 2.05) is 30.3 Å². The smallest absolute Gasteiger partial charge is 0.337 e. The highest BCUT2D eigenvalue weighted by Gasteiger charge is 2.06. The van der Waals surface area contributed by atoms with Gasteiger partial charge in [-0.25, -0.2) is 4.79 Å². The van der Waals surface area contributed by atoms with Crippen LogP contribution < -0.4 is 5.73 Å². The molecule has 0 saturated carbocycles. The van der Waals surface area contributed by atoms with E-state index in [-0.39, 0.29) is 12.0 Å². The SMILES string of the molecule is COC(=O)c1ccc(COCC(N)Cc2ccccc2)cc1. The van der Waals surface area contributed by atoms with Crippen LogP contribution in [-0.4, -0.2) is 25.7 Å². The molecule has 1 unspecified atom stereocenters. The zero-order chi connectivity index (χ0) is 15.8. The van der Waals surface area contributed by atoms with E-state index < -0.39 is 0 Å². The lowest BCUT2D eigenvalue weighted by molar-refractivity contribution is 0.0600. The maximum Gasteiger partial charge on any atom is 0.337 e. The standard InChI is InChI=1S/C18H21NO3/c1-21-18(20)16-9-7-15(8-10-16)12-22-13-17(19)11-14-5-3-2-4-6-14/h2-10,17H,11-13,19H2,1H3. The Morgan fingerprint density at radius 3 is 2.36 bits per heavy atom. The molecule has 4 heteroatoms. The molecule has 0 radical (unpaired) electrons. The fourth-order valence-electron chi connectivity index (χ4n) is 2.16. The largest absolute Gasteiger partial charge is 0.465 e. The number of benzene rings is 2. The molecule has 22 heavy (non-hydrogen) atoms. The van der Waals surface area contributed by atoms with Gasteiger partial charge in [0.2, 0.25) is 0 Å². The van der Waals surface area contributed by atoms with E-state index in [0.29, 0.717) is 18.8 Å². The molecule has 0 fully saturated rings. The molecule has 4 nitrogen and oxygen atoms in total. The second-order valence-electron chi connectivity index (χ2n) is 5.15. The Balaban J connectivity index is 1.75. The Morgan fingerprint density at radius 2 is 1.73 bits per heavy atom. The van der Waals surface area contributed by atoms with E-state index in [1.54, 1.807) is 12.1 Å². The van der Waals surface area contributed by atoms with Crippen LogP contribution in [-0.2, 0) is 22.5 Å². The average Bonchev–Trinajstić information content (AvgIpc) is 2.55. The van der Waals surface area contributed by atoms with Gasteiger partial charge < -0.3 is 15.2 Å². The predicted molar refractivity (Wildman–Crippen MR) is 85.6 cm³/mol. The molecule has 0 amide bonds. The summed E-state index contributed by atoms with van der Waals surface area (Å²) in [5.74, 6) is -0.336. The van der Waals surface area contributed by atoms with Crippen molar-refractivity contribution in [3.05, 3.63) is 71.3 Å². The molecule has 0 aliphatic carbocycles. The third-order valence-corrected chi connectivity index (χ3v) is 3.32. The summed E-state index contributed by atoms with van der Waals surface area (Å²) in [7, 11) is 1.37. The molecule has 1 atom stereocenters. The molecule has 0 heterocycles. The van der Waals surface area contributed by atoms with Gasteiger partial charge in [0.25, 0.3) is 0 Å². The highest BCUT2D eigenvalue weighted by molar-refractivity contribution is 5.89. The number of carbonyl (C=O) groups excluding carboxylic acids is 1. The lowest BCUT2D eigenvalue weighted by atomic mass is 10.1. The van der Waals surface area contributed by atoms with Crippen molar-refractivity contribution < 1.29 is 14.3 Å². The first-order valence-corrected chi connectivity index (χ1v) is 7.23. The second-order valence-corrected chi connectivity index (χ2v) is 5.15. The Bertz CT molecular complexity index is 581. The minimum Gasteiger partial charge on any atom is -0.465 e. The third-order valence-electron chi connectivity index (χ3n) is 3.32. The van der Waals surface area contributed by atoms with Crippen LogP contribution in [0.25, 0.3) is 0 Å². The van der Waals surface area contributed by atoms with E-state index >= 15 is 0 Å². The van der Waals surface area contributed by atoms with Crippen molar-refractivity contribution in [1.82, 2.24) is 0 Å². The van der Waals surface area contributed by atoms with Crippen molar-refractivity contribution in [2.75, 3.05) is 13.7 Å². The number of carbonyl (C=O) groups is 1. The maximum atomic E-state index is 11.3. The van der Waals surface area contributed by atoms with Crippen molar-refractivity contribution >= 4 is 5.97 Å². The number of hydrogen-bond donors (Lipinski definition) is 1. The van der Waals surface area contributed by atoms with Crippen molar-refractivity contribution in [3.8, 4) is 0 Å². The van der Waals surface area contributed by atoms with Crippen LogP contribution in [0.15, 0.2) is 54.6 Å². The van der Waals surface area contributed by atoms with Crippen molar-refractivity contribution in [2.24, 2.45) is 5.73 Å². The molecule has 2 aromatic carbocycles. The van der Waals surface area contributed by atoms with Gasteiger partial charge in [-0.1, -0.05) is 42.5 Å². The van der Waals surface area contributed by atoms with Gasteiger partial charge in [0.1, 0.15) is 0 Å². The van der Waals surface area contributed by atoms with Crippen LogP contribution in [0.1, 0.15) is 21.5 Å². The third kappa shape index (κ3) is 4.98. The van der Waals surface area contributed by atoms with Gasteiger partial charge in [-0.15, -0.1) is 0 Å². The molecule has 0 aromatic heterocycles. The summed E-state index contributed by atoms with van der Waals surface area (Å²) in [5.41, 5.74) is 8.81. The molecular weight excluding hydrogens is 278 g/mol. The highest BCUT2D eigenvalue weighted by Crippen LogP contribution is 2.08. The molecule has 0 saturated heterocycles. The number of methoxy groups -OCH3 is 1. The van der Waals surface area contributed by atoms with Crippen LogP contribution >= 0.6 is 0 Å². The number of ether oxygens (including phenoxy) is 2. The summed E-state index contributed by atoms with van der Waals surface area (Å²) in [4.78, 5) is 11.3. The quantitative estimate of drug-likeness (QED) is 0.798. The topological polar surface area (TPSA) is 61.5 Å². The number of nitrogens with two attached hydrogens (primary N) is 1. The monoisotopic (exact) mass is 299 g/mol. The summed E-state index contributed by atoms with van der Waals surface area (Å²) in [6, 6.07) is 17.3. The minimum atomic E-state index is -0.336. The first-order chi connectivity index (χ1) is 10.7. The number of esters is 1. The average molecular weight is 299 g/mol. The summed E-state index contributed by atoms with van der Waals surface area (Å²) in [5, 5.41) is 0. The molecular formula is C18H21NO3. The lowest BCUT2D eigenvalue weighted by Gasteiger charge is -2.12. The van der Waals surface area contributed by atoms with Gasteiger partial charge >= 0.3 is 5.97 Å². The molecule has 2 aromatic rings. The van der Waals surface area contributed by atoms with E-state index in [0.717, 1.165) is 12.0 Å². The Labute approximate surface area is 130 Å². The van der Waals surface area contributed by atoms with Crippen molar-refractivity contribution in [2.45, 2.75) is 19.1 Å². The Hall–Kier alpha value is -2.17. The molecule has 2 N–H and O–H groups in total. The Morgan fingerprint density at radius 1 is 1.05 bits per heavy atom. The van der Waals surface area contributed by atoms with E-state index in [1.165, 1.54) is 12.7 Å². The highest BCUT2D eigenvalue weighted by atomic mass is 16.5. The van der Waals surface area contributed by atoms with Gasteiger partial charge in [0, 0.05) is 6.04 Å². The van der Waals surface area contributed by atoms with Gasteiger partial charge in [-0.3, -0.25) is 0 Å². The zero-order valence-electron chi connectivity index (χ0n) is 12.7. The van der Waals surface area contributed by atoms with Gasteiger partial charge in [-0.05, 0) is 29.7 Å². The predicted octanol–water partition coefficient (Wildman–Crippen LogP) is 2.56. The normalized spacial score (nSPS) is 11.9. The summed E-state index contributed by atoms with van der Waals surface area (Å²) < 4.78 is 10.3. The van der Waals surface area contributed by atoms with E-state index in [2.05, 4.69) is 16.9 Å². The van der Waals surface area contributed by atoms with Crippen LogP contribution in [0, 0.1) is 0 Å². The lowest BCUT2D eigenvalue weighted by Crippen LogP contribution is -2.28. The van der Waals surface area contributed by atoms with Crippen LogP contribution in [0.3, 0.4) is 0 Å². The van der Waals surface area contributed by atoms with Crippen molar-refractivity contribution in [1.29, 1.82) is 0 Å². The van der Waals surface area contributed by atoms with Crippen LogP contribution in [0.2, 0.25) is 0 Å². The molecule has 0 spiro atoms. The molecule has 0 aliphatic heterocycles. The maximum absolute atomic E-state index is 11.3. The van der Waals surface area contributed by atoms with Crippen molar-refractivity contribution in [3.63, 3.8) is 0 Å². The molecule has 0 aliphatic rings. The molecule has 0 bridgehead atoms. The molecule has 2 rings (SSSR count). The Kier molecular flexibility index (Phi) is 6.13. The zero-order valence-corrected chi connectivity index (χ0v) is 12.7. The second kappa shape index (κ2) is 8.32. The van der Waals surface area contributed by atoms with Gasteiger partial charge in [-0.2, -0.15) is 0 Å². The van der Waals surface area contributed by atoms with E-state index in [9.17, 15) is 4.79 Å². The summed E-state index contributed by atoms with van der Waals surface area (Å²) in [6.45, 7) is 0.970. The number of rotatable bonds is 7.